The number of carbonyl (C=O) groups excluding carboxylic acids is 1. The molecule has 0 heterocycles. The summed E-state index contributed by atoms with van der Waals surface area (Å²) in [5, 5.41) is 9.07. The number of amides is 1. The molecule has 4 nitrogen and oxygen atoms in total. The molecule has 2 aromatic carbocycles. The van der Waals surface area contributed by atoms with Crippen LogP contribution in [-0.4, -0.2) is 28.4 Å². The fourth-order valence-corrected chi connectivity index (χ4v) is 2.45. The first kappa shape index (κ1) is 16.7. The Labute approximate surface area is 136 Å². The van der Waals surface area contributed by atoms with Gasteiger partial charge in [0.2, 0.25) is 5.91 Å². The molecule has 1 N–H and O–H groups in total. The molecule has 0 saturated heterocycles. The van der Waals surface area contributed by atoms with E-state index in [1.54, 1.807) is 0 Å². The average molecular weight is 311 g/mol. The number of aryl methyl sites for hydroxylation is 1. The second kappa shape index (κ2) is 8.13. The van der Waals surface area contributed by atoms with Crippen molar-refractivity contribution in [3.05, 3.63) is 71.3 Å². The summed E-state index contributed by atoms with van der Waals surface area (Å²) in [5.41, 5.74) is 3.00. The first-order chi connectivity index (χ1) is 11.1. The molecule has 4 heteroatoms. The highest BCUT2D eigenvalue weighted by atomic mass is 16.4. The lowest BCUT2D eigenvalue weighted by atomic mass is 10.1. The van der Waals surface area contributed by atoms with E-state index in [2.05, 4.69) is 6.92 Å². The van der Waals surface area contributed by atoms with Crippen molar-refractivity contribution in [2.24, 2.45) is 0 Å². The molecule has 1 amide bonds. The molecule has 0 bridgehead atoms. The van der Waals surface area contributed by atoms with Crippen LogP contribution in [-0.2, 0) is 29.0 Å². The summed E-state index contributed by atoms with van der Waals surface area (Å²) in [5.74, 6) is -1.18. The van der Waals surface area contributed by atoms with E-state index >= 15 is 0 Å². The third-order valence-electron chi connectivity index (χ3n) is 3.65. The van der Waals surface area contributed by atoms with Crippen LogP contribution in [0.5, 0.6) is 0 Å². The van der Waals surface area contributed by atoms with Crippen molar-refractivity contribution in [3.63, 3.8) is 0 Å². The molecule has 23 heavy (non-hydrogen) atoms. The SMILES string of the molecule is CCc1cccc(CC(=O)N(CC(=O)O)Cc2ccccc2)c1. The van der Waals surface area contributed by atoms with Gasteiger partial charge in [0.15, 0.2) is 0 Å². The van der Waals surface area contributed by atoms with Crippen LogP contribution in [0.1, 0.15) is 23.6 Å². The fourth-order valence-electron chi connectivity index (χ4n) is 2.45. The number of rotatable bonds is 7. The summed E-state index contributed by atoms with van der Waals surface area (Å²) >= 11 is 0. The van der Waals surface area contributed by atoms with Crippen LogP contribution in [0.4, 0.5) is 0 Å². The van der Waals surface area contributed by atoms with Crippen molar-refractivity contribution in [1.29, 1.82) is 0 Å². The van der Waals surface area contributed by atoms with Gasteiger partial charge in [-0.05, 0) is 23.1 Å². The second-order valence-corrected chi connectivity index (χ2v) is 5.48. The van der Waals surface area contributed by atoms with E-state index in [1.807, 2.05) is 54.6 Å². The molecule has 2 rings (SSSR count). The molecular weight excluding hydrogens is 290 g/mol. The van der Waals surface area contributed by atoms with E-state index in [4.69, 9.17) is 5.11 Å². The van der Waals surface area contributed by atoms with Crippen molar-refractivity contribution in [3.8, 4) is 0 Å². The minimum atomic E-state index is -1.00. The first-order valence-corrected chi connectivity index (χ1v) is 7.69. The van der Waals surface area contributed by atoms with Crippen LogP contribution in [0.15, 0.2) is 54.6 Å². The number of nitrogens with zero attached hydrogens (tertiary/aromatic N) is 1. The van der Waals surface area contributed by atoms with Gasteiger partial charge in [0, 0.05) is 6.54 Å². The summed E-state index contributed by atoms with van der Waals surface area (Å²) in [6, 6.07) is 17.3. The minimum Gasteiger partial charge on any atom is -0.480 e. The van der Waals surface area contributed by atoms with Crippen molar-refractivity contribution in [2.75, 3.05) is 6.54 Å². The van der Waals surface area contributed by atoms with Gasteiger partial charge in [-0.25, -0.2) is 0 Å². The van der Waals surface area contributed by atoms with Gasteiger partial charge >= 0.3 is 5.97 Å². The van der Waals surface area contributed by atoms with Gasteiger partial charge in [-0.1, -0.05) is 61.5 Å². The van der Waals surface area contributed by atoms with Crippen LogP contribution >= 0.6 is 0 Å². The third kappa shape index (κ3) is 5.25. The summed E-state index contributed by atoms with van der Waals surface area (Å²) in [6.07, 6.45) is 1.12. The lowest BCUT2D eigenvalue weighted by molar-refractivity contribution is -0.144. The van der Waals surface area contributed by atoms with Gasteiger partial charge in [0.1, 0.15) is 6.54 Å². The quantitative estimate of drug-likeness (QED) is 0.855. The number of carboxylic acids is 1. The molecule has 0 aliphatic carbocycles. The van der Waals surface area contributed by atoms with Gasteiger partial charge in [0.05, 0.1) is 6.42 Å². The predicted octanol–water partition coefficient (Wildman–Crippen LogP) is 2.90. The molecular formula is C19H21NO3. The molecule has 0 saturated carbocycles. The van der Waals surface area contributed by atoms with Gasteiger partial charge in [-0.15, -0.1) is 0 Å². The molecule has 0 radical (unpaired) electrons. The average Bonchev–Trinajstić information content (AvgIpc) is 2.55. The molecule has 0 aromatic heterocycles. The summed E-state index contributed by atoms with van der Waals surface area (Å²) < 4.78 is 0. The Morgan fingerprint density at radius 3 is 2.26 bits per heavy atom. The van der Waals surface area contributed by atoms with Gasteiger partial charge < -0.3 is 10.0 Å². The van der Waals surface area contributed by atoms with E-state index in [1.165, 1.54) is 10.5 Å². The number of benzene rings is 2. The second-order valence-electron chi connectivity index (χ2n) is 5.48. The Morgan fingerprint density at radius 2 is 1.61 bits per heavy atom. The molecule has 0 unspecified atom stereocenters. The first-order valence-electron chi connectivity index (χ1n) is 7.69. The Kier molecular flexibility index (Phi) is 5.92. The number of carbonyl (C=O) groups is 2. The van der Waals surface area contributed by atoms with Crippen molar-refractivity contribution >= 4 is 11.9 Å². The van der Waals surface area contributed by atoms with Crippen molar-refractivity contribution < 1.29 is 14.7 Å². The minimum absolute atomic E-state index is 0.176. The van der Waals surface area contributed by atoms with Crippen LogP contribution in [0.3, 0.4) is 0 Å². The summed E-state index contributed by atoms with van der Waals surface area (Å²) in [4.78, 5) is 25.0. The van der Waals surface area contributed by atoms with E-state index in [0.717, 1.165) is 17.5 Å². The molecule has 0 atom stereocenters. The standard InChI is InChI=1S/C19H21NO3/c1-2-15-9-6-10-17(11-15)12-18(21)20(14-19(22)23)13-16-7-4-3-5-8-16/h3-11H,2,12-14H2,1H3,(H,22,23). The van der Waals surface area contributed by atoms with Gasteiger partial charge in [-0.3, -0.25) is 9.59 Å². The lowest BCUT2D eigenvalue weighted by Gasteiger charge is -2.21. The zero-order chi connectivity index (χ0) is 16.7. The molecule has 0 aliphatic rings. The number of hydrogen-bond donors (Lipinski definition) is 1. The van der Waals surface area contributed by atoms with E-state index in [-0.39, 0.29) is 18.9 Å². The van der Waals surface area contributed by atoms with Crippen molar-refractivity contribution in [1.82, 2.24) is 4.90 Å². The summed E-state index contributed by atoms with van der Waals surface area (Å²) in [6.45, 7) is 2.08. The highest BCUT2D eigenvalue weighted by molar-refractivity contribution is 5.83. The normalized spacial score (nSPS) is 10.3. The number of hydrogen-bond acceptors (Lipinski definition) is 2. The van der Waals surface area contributed by atoms with Crippen molar-refractivity contribution in [2.45, 2.75) is 26.3 Å². The maximum absolute atomic E-state index is 12.5. The molecule has 0 spiro atoms. The maximum Gasteiger partial charge on any atom is 0.323 e. The molecule has 2 aromatic rings. The van der Waals surface area contributed by atoms with Gasteiger partial charge in [0.25, 0.3) is 0 Å². The topological polar surface area (TPSA) is 57.6 Å². The highest BCUT2D eigenvalue weighted by Gasteiger charge is 2.17. The zero-order valence-electron chi connectivity index (χ0n) is 13.2. The molecule has 120 valence electrons. The van der Waals surface area contributed by atoms with E-state index in [9.17, 15) is 9.59 Å². The fraction of sp³-hybridized carbons (Fsp3) is 0.263. The monoisotopic (exact) mass is 311 g/mol. The van der Waals surface area contributed by atoms with Crippen LogP contribution in [0.2, 0.25) is 0 Å². The van der Waals surface area contributed by atoms with E-state index in [0.29, 0.717) is 6.54 Å². The van der Waals surface area contributed by atoms with Crippen LogP contribution in [0.25, 0.3) is 0 Å². The lowest BCUT2D eigenvalue weighted by Crippen LogP contribution is -2.36. The van der Waals surface area contributed by atoms with Gasteiger partial charge in [-0.2, -0.15) is 0 Å². The number of carboxylic acid groups (broad SMARTS) is 1. The maximum atomic E-state index is 12.5. The van der Waals surface area contributed by atoms with E-state index < -0.39 is 5.97 Å². The van der Waals surface area contributed by atoms with Crippen LogP contribution in [0, 0.1) is 0 Å². The smallest absolute Gasteiger partial charge is 0.323 e. The Morgan fingerprint density at radius 1 is 0.957 bits per heavy atom. The summed E-state index contributed by atoms with van der Waals surface area (Å²) in [7, 11) is 0. The highest BCUT2D eigenvalue weighted by Crippen LogP contribution is 2.11. The van der Waals surface area contributed by atoms with Crippen LogP contribution < -0.4 is 0 Å². The number of aliphatic carboxylic acids is 1. The Balaban J connectivity index is 2.11. The molecule has 0 fully saturated rings. The molecule has 0 aliphatic heterocycles. The Bertz CT molecular complexity index is 667. The largest absolute Gasteiger partial charge is 0.480 e. The zero-order valence-corrected chi connectivity index (χ0v) is 13.2. The Hall–Kier alpha value is -2.62. The third-order valence-corrected chi connectivity index (χ3v) is 3.65. The predicted molar refractivity (Wildman–Crippen MR) is 89.0 cm³/mol.